The van der Waals surface area contributed by atoms with E-state index in [1.807, 2.05) is 11.3 Å². The first-order chi connectivity index (χ1) is 8.56. The fourth-order valence-corrected chi connectivity index (χ4v) is 3.29. The summed E-state index contributed by atoms with van der Waals surface area (Å²) >= 11 is 1.81. The zero-order chi connectivity index (χ0) is 13.5. The predicted octanol–water partition coefficient (Wildman–Crippen LogP) is 2.41. The van der Waals surface area contributed by atoms with Crippen molar-refractivity contribution >= 4 is 11.3 Å². The third kappa shape index (κ3) is 4.69. The standard InChI is InChI=1S/C14H27N3S/c1-5-17(10-7-9-16(3)4)14(12(2)15)13-8-6-11-18-13/h6,8,11-12,14H,5,7,9-10,15H2,1-4H3. The minimum atomic E-state index is 0.169. The van der Waals surface area contributed by atoms with Gasteiger partial charge in [0.15, 0.2) is 0 Å². The smallest absolute Gasteiger partial charge is 0.0590 e. The summed E-state index contributed by atoms with van der Waals surface area (Å²) in [6.07, 6.45) is 1.19. The molecule has 0 bridgehead atoms. The Labute approximate surface area is 116 Å². The van der Waals surface area contributed by atoms with E-state index in [-0.39, 0.29) is 6.04 Å². The van der Waals surface area contributed by atoms with E-state index in [9.17, 15) is 0 Å². The number of nitrogens with two attached hydrogens (primary N) is 1. The molecule has 18 heavy (non-hydrogen) atoms. The van der Waals surface area contributed by atoms with Gasteiger partial charge in [-0.2, -0.15) is 0 Å². The Hall–Kier alpha value is -0.420. The topological polar surface area (TPSA) is 32.5 Å². The van der Waals surface area contributed by atoms with Crippen LogP contribution in [-0.4, -0.2) is 49.6 Å². The molecule has 2 atom stereocenters. The zero-order valence-corrected chi connectivity index (χ0v) is 12.9. The maximum atomic E-state index is 6.19. The van der Waals surface area contributed by atoms with Gasteiger partial charge in [-0.15, -0.1) is 11.3 Å². The molecule has 0 saturated heterocycles. The van der Waals surface area contributed by atoms with Crippen molar-refractivity contribution in [1.29, 1.82) is 0 Å². The summed E-state index contributed by atoms with van der Waals surface area (Å²) in [5.41, 5.74) is 6.19. The maximum Gasteiger partial charge on any atom is 0.0590 e. The Morgan fingerprint density at radius 1 is 1.33 bits per heavy atom. The SMILES string of the molecule is CCN(CCCN(C)C)C(c1cccs1)C(C)N. The minimum Gasteiger partial charge on any atom is -0.326 e. The van der Waals surface area contributed by atoms with Crippen LogP contribution in [0.2, 0.25) is 0 Å². The highest BCUT2D eigenvalue weighted by Gasteiger charge is 2.23. The third-order valence-corrected chi connectivity index (χ3v) is 4.13. The van der Waals surface area contributed by atoms with Gasteiger partial charge in [0.05, 0.1) is 6.04 Å². The van der Waals surface area contributed by atoms with Crippen LogP contribution in [0, 0.1) is 0 Å². The van der Waals surface area contributed by atoms with Crippen molar-refractivity contribution in [2.24, 2.45) is 5.73 Å². The fourth-order valence-electron chi connectivity index (χ4n) is 2.32. The van der Waals surface area contributed by atoms with Crippen LogP contribution >= 0.6 is 11.3 Å². The summed E-state index contributed by atoms with van der Waals surface area (Å²) in [7, 11) is 4.25. The normalized spacial score (nSPS) is 15.3. The quantitative estimate of drug-likeness (QED) is 0.786. The number of nitrogens with zero attached hydrogens (tertiary/aromatic N) is 2. The highest BCUT2D eigenvalue weighted by molar-refractivity contribution is 7.10. The van der Waals surface area contributed by atoms with E-state index in [2.05, 4.69) is 55.3 Å². The largest absolute Gasteiger partial charge is 0.326 e. The van der Waals surface area contributed by atoms with Crippen LogP contribution in [0.4, 0.5) is 0 Å². The molecule has 2 N–H and O–H groups in total. The van der Waals surface area contributed by atoms with Crippen molar-refractivity contribution in [1.82, 2.24) is 9.80 Å². The molecule has 1 aromatic rings. The average molecular weight is 269 g/mol. The Morgan fingerprint density at radius 2 is 2.06 bits per heavy atom. The van der Waals surface area contributed by atoms with Gasteiger partial charge in [0.1, 0.15) is 0 Å². The third-order valence-electron chi connectivity index (χ3n) is 3.18. The van der Waals surface area contributed by atoms with Crippen molar-refractivity contribution in [3.05, 3.63) is 22.4 Å². The Bertz CT molecular complexity index is 309. The van der Waals surface area contributed by atoms with Gasteiger partial charge in [0.25, 0.3) is 0 Å². The van der Waals surface area contributed by atoms with Gasteiger partial charge in [0.2, 0.25) is 0 Å². The number of likely N-dealkylation sites (N-methyl/N-ethyl adjacent to an activating group) is 1. The Morgan fingerprint density at radius 3 is 2.50 bits per heavy atom. The van der Waals surface area contributed by atoms with Crippen LogP contribution in [-0.2, 0) is 0 Å². The van der Waals surface area contributed by atoms with Crippen molar-refractivity contribution in [2.75, 3.05) is 33.7 Å². The summed E-state index contributed by atoms with van der Waals surface area (Å²) in [5, 5.41) is 2.14. The van der Waals surface area contributed by atoms with Gasteiger partial charge in [-0.05, 0) is 52.0 Å². The number of thiophene rings is 1. The lowest BCUT2D eigenvalue weighted by atomic mass is 10.1. The van der Waals surface area contributed by atoms with Gasteiger partial charge in [-0.3, -0.25) is 4.90 Å². The second-order valence-corrected chi connectivity index (χ2v) is 6.08. The van der Waals surface area contributed by atoms with Crippen molar-refractivity contribution in [3.63, 3.8) is 0 Å². The van der Waals surface area contributed by atoms with Gasteiger partial charge in [0, 0.05) is 17.5 Å². The second kappa shape index (κ2) is 7.89. The van der Waals surface area contributed by atoms with Crippen molar-refractivity contribution in [2.45, 2.75) is 32.4 Å². The van der Waals surface area contributed by atoms with Crippen molar-refractivity contribution in [3.8, 4) is 0 Å². The Kier molecular flexibility index (Phi) is 6.86. The predicted molar refractivity (Wildman–Crippen MR) is 81.1 cm³/mol. The highest BCUT2D eigenvalue weighted by Crippen LogP contribution is 2.27. The van der Waals surface area contributed by atoms with Crippen molar-refractivity contribution < 1.29 is 0 Å². The molecular formula is C14H27N3S. The molecule has 0 aliphatic heterocycles. The molecule has 0 saturated carbocycles. The van der Waals surface area contributed by atoms with E-state index in [1.165, 1.54) is 11.3 Å². The summed E-state index contributed by atoms with van der Waals surface area (Å²) < 4.78 is 0. The molecule has 4 heteroatoms. The molecule has 0 spiro atoms. The number of rotatable bonds is 8. The molecule has 104 valence electrons. The highest BCUT2D eigenvalue weighted by atomic mass is 32.1. The summed E-state index contributed by atoms with van der Waals surface area (Å²) in [4.78, 5) is 6.12. The zero-order valence-electron chi connectivity index (χ0n) is 12.1. The van der Waals surface area contributed by atoms with E-state index in [0.717, 1.165) is 19.6 Å². The number of hydrogen-bond donors (Lipinski definition) is 1. The molecule has 0 fully saturated rings. The first-order valence-corrected chi connectivity index (χ1v) is 7.62. The van der Waals surface area contributed by atoms with Gasteiger partial charge < -0.3 is 10.6 Å². The van der Waals surface area contributed by atoms with E-state index in [1.54, 1.807) is 0 Å². The first-order valence-electron chi connectivity index (χ1n) is 6.74. The molecule has 0 aromatic carbocycles. The van der Waals surface area contributed by atoms with Crippen LogP contribution in [0.1, 0.15) is 31.2 Å². The molecule has 3 nitrogen and oxygen atoms in total. The monoisotopic (exact) mass is 269 g/mol. The first kappa shape index (κ1) is 15.6. The maximum absolute atomic E-state index is 6.19. The molecule has 0 aliphatic rings. The van der Waals surface area contributed by atoms with Crippen LogP contribution in [0.15, 0.2) is 17.5 Å². The lowest BCUT2D eigenvalue weighted by Crippen LogP contribution is -2.40. The van der Waals surface area contributed by atoms with E-state index >= 15 is 0 Å². The lowest BCUT2D eigenvalue weighted by molar-refractivity contribution is 0.180. The van der Waals surface area contributed by atoms with Crippen LogP contribution in [0.5, 0.6) is 0 Å². The van der Waals surface area contributed by atoms with Crippen LogP contribution in [0.3, 0.4) is 0 Å². The molecular weight excluding hydrogens is 242 g/mol. The fraction of sp³-hybridized carbons (Fsp3) is 0.714. The van der Waals surface area contributed by atoms with Crippen LogP contribution in [0.25, 0.3) is 0 Å². The summed E-state index contributed by atoms with van der Waals surface area (Å²) in [5.74, 6) is 0. The molecule has 1 heterocycles. The molecule has 1 aromatic heterocycles. The van der Waals surface area contributed by atoms with Gasteiger partial charge in [-0.1, -0.05) is 13.0 Å². The number of hydrogen-bond acceptors (Lipinski definition) is 4. The molecule has 0 radical (unpaired) electrons. The molecule has 0 amide bonds. The van der Waals surface area contributed by atoms with E-state index in [4.69, 9.17) is 5.73 Å². The molecule has 2 unspecified atom stereocenters. The molecule has 1 rings (SSSR count). The van der Waals surface area contributed by atoms with Gasteiger partial charge in [-0.25, -0.2) is 0 Å². The minimum absolute atomic E-state index is 0.169. The average Bonchev–Trinajstić information content (AvgIpc) is 2.80. The molecule has 0 aliphatic carbocycles. The summed E-state index contributed by atoms with van der Waals surface area (Å²) in [6.45, 7) is 7.63. The van der Waals surface area contributed by atoms with E-state index < -0.39 is 0 Å². The Balaban J connectivity index is 2.64. The lowest BCUT2D eigenvalue weighted by Gasteiger charge is -2.33. The van der Waals surface area contributed by atoms with E-state index in [0.29, 0.717) is 6.04 Å². The van der Waals surface area contributed by atoms with Gasteiger partial charge >= 0.3 is 0 Å². The summed E-state index contributed by atoms with van der Waals surface area (Å²) in [6, 6.07) is 4.84. The van der Waals surface area contributed by atoms with Crippen LogP contribution < -0.4 is 5.73 Å². The second-order valence-electron chi connectivity index (χ2n) is 5.10.